The van der Waals surface area contributed by atoms with Crippen molar-refractivity contribution in [1.29, 1.82) is 0 Å². The third-order valence-corrected chi connectivity index (χ3v) is 4.59. The van der Waals surface area contributed by atoms with Crippen molar-refractivity contribution in [3.05, 3.63) is 78.1 Å². The van der Waals surface area contributed by atoms with E-state index < -0.39 is 17.7 Å². The lowest BCUT2D eigenvalue weighted by molar-refractivity contribution is -0.140. The molecule has 0 radical (unpaired) electrons. The first-order valence-electron chi connectivity index (χ1n) is 9.10. The van der Waals surface area contributed by atoms with Crippen LogP contribution in [0.3, 0.4) is 0 Å². The Morgan fingerprint density at radius 2 is 1.90 bits per heavy atom. The number of ketones is 1. The van der Waals surface area contributed by atoms with Crippen LogP contribution in [0.5, 0.6) is 5.75 Å². The highest BCUT2D eigenvalue weighted by molar-refractivity contribution is 6.46. The van der Waals surface area contributed by atoms with E-state index in [1.807, 2.05) is 0 Å². The van der Waals surface area contributed by atoms with Gasteiger partial charge in [0.15, 0.2) is 0 Å². The van der Waals surface area contributed by atoms with E-state index in [0.29, 0.717) is 23.5 Å². The molecular formula is C22H22N2O5. The first-order valence-corrected chi connectivity index (χ1v) is 9.10. The number of amides is 1. The van der Waals surface area contributed by atoms with Crippen molar-refractivity contribution in [2.45, 2.75) is 6.04 Å². The van der Waals surface area contributed by atoms with Gasteiger partial charge in [-0.15, -0.1) is 0 Å². The number of nitrogens with zero attached hydrogens (tertiary/aromatic N) is 2. The normalized spacial score (nSPS) is 18.1. The van der Waals surface area contributed by atoms with Gasteiger partial charge in [0, 0.05) is 31.6 Å². The number of likely N-dealkylation sites (tertiary alicyclic amines) is 1. The summed E-state index contributed by atoms with van der Waals surface area (Å²) in [6.07, 6.45) is 4.79. The molecule has 1 aliphatic heterocycles. The number of carbonyl (C=O) groups excluding carboxylic acids is 2. The van der Waals surface area contributed by atoms with Gasteiger partial charge >= 0.3 is 0 Å². The van der Waals surface area contributed by atoms with Gasteiger partial charge in [-0.05, 0) is 42.0 Å². The zero-order chi connectivity index (χ0) is 20.8. The van der Waals surface area contributed by atoms with E-state index in [9.17, 15) is 14.7 Å². The van der Waals surface area contributed by atoms with Crippen molar-refractivity contribution in [2.75, 3.05) is 26.9 Å². The molecule has 1 N–H and O–H groups in total. The second-order valence-electron chi connectivity index (χ2n) is 6.39. The van der Waals surface area contributed by atoms with E-state index in [1.54, 1.807) is 54.9 Å². The molecule has 0 spiro atoms. The molecule has 7 heteroatoms. The van der Waals surface area contributed by atoms with E-state index in [0.717, 1.165) is 0 Å². The number of methoxy groups -OCH3 is 1. The summed E-state index contributed by atoms with van der Waals surface area (Å²) < 4.78 is 10.5. The zero-order valence-corrected chi connectivity index (χ0v) is 16.1. The Hall–Kier alpha value is -3.45. The lowest BCUT2D eigenvalue weighted by Crippen LogP contribution is -2.32. The van der Waals surface area contributed by atoms with Gasteiger partial charge in [-0.3, -0.25) is 14.6 Å². The van der Waals surface area contributed by atoms with E-state index in [-0.39, 0.29) is 24.5 Å². The van der Waals surface area contributed by atoms with Gasteiger partial charge < -0.3 is 19.5 Å². The van der Waals surface area contributed by atoms with Crippen molar-refractivity contribution in [3.63, 3.8) is 0 Å². The number of aliphatic hydroxyl groups excluding tert-OH is 1. The fraction of sp³-hybridized carbons (Fsp3) is 0.227. The Bertz CT molecular complexity index is 922. The Labute approximate surface area is 168 Å². The summed E-state index contributed by atoms with van der Waals surface area (Å²) in [5.74, 6) is -1.03. The number of hydrogen-bond donors (Lipinski definition) is 1. The maximum absolute atomic E-state index is 12.8. The summed E-state index contributed by atoms with van der Waals surface area (Å²) in [6, 6.07) is 9.36. The number of pyridine rings is 1. The number of aliphatic hydroxyl groups is 1. The first kappa shape index (κ1) is 20.3. The number of ether oxygens (including phenoxy) is 2. The van der Waals surface area contributed by atoms with Crippen LogP contribution in [0.4, 0.5) is 0 Å². The smallest absolute Gasteiger partial charge is 0.295 e. The minimum atomic E-state index is -0.729. The number of hydrogen-bond acceptors (Lipinski definition) is 6. The molecular weight excluding hydrogens is 372 g/mol. The van der Waals surface area contributed by atoms with E-state index in [1.165, 1.54) is 12.0 Å². The maximum atomic E-state index is 12.8. The number of aromatic nitrogens is 1. The van der Waals surface area contributed by atoms with E-state index in [2.05, 4.69) is 11.6 Å². The van der Waals surface area contributed by atoms with Crippen molar-refractivity contribution in [1.82, 2.24) is 9.88 Å². The van der Waals surface area contributed by atoms with Crippen molar-refractivity contribution >= 4 is 17.4 Å². The molecule has 3 rings (SSSR count). The van der Waals surface area contributed by atoms with Crippen molar-refractivity contribution in [3.8, 4) is 5.75 Å². The summed E-state index contributed by atoms with van der Waals surface area (Å²) in [7, 11) is 1.52. The molecule has 7 nitrogen and oxygen atoms in total. The number of benzene rings is 1. The van der Waals surface area contributed by atoms with Crippen LogP contribution in [0.1, 0.15) is 17.2 Å². The Morgan fingerprint density at radius 1 is 1.21 bits per heavy atom. The topological polar surface area (TPSA) is 89.0 Å². The summed E-state index contributed by atoms with van der Waals surface area (Å²) in [4.78, 5) is 30.8. The summed E-state index contributed by atoms with van der Waals surface area (Å²) in [5, 5.41) is 10.9. The molecule has 1 aliphatic rings. The monoisotopic (exact) mass is 394 g/mol. The highest BCUT2D eigenvalue weighted by Gasteiger charge is 2.45. The van der Waals surface area contributed by atoms with Gasteiger partial charge in [0.25, 0.3) is 11.7 Å². The van der Waals surface area contributed by atoms with Crippen LogP contribution in [0, 0.1) is 0 Å². The maximum Gasteiger partial charge on any atom is 0.295 e. The van der Waals surface area contributed by atoms with Crippen LogP contribution in [0.25, 0.3) is 5.76 Å². The van der Waals surface area contributed by atoms with Gasteiger partial charge in [0.2, 0.25) is 0 Å². The molecule has 0 saturated carbocycles. The second-order valence-corrected chi connectivity index (χ2v) is 6.39. The quantitative estimate of drug-likeness (QED) is 0.321. The molecule has 150 valence electrons. The molecule has 1 saturated heterocycles. The predicted octanol–water partition coefficient (Wildman–Crippen LogP) is 2.71. The minimum absolute atomic E-state index is 0.0389. The number of carbonyl (C=O) groups is 2. The highest BCUT2D eigenvalue weighted by Crippen LogP contribution is 2.39. The third-order valence-electron chi connectivity index (χ3n) is 4.59. The summed E-state index contributed by atoms with van der Waals surface area (Å²) in [5.41, 5.74) is 1.14. The first-order chi connectivity index (χ1) is 14.1. The number of Topliss-reactive ketones (excluding diaryl/α,β-unsaturated/α-hetero) is 1. The van der Waals surface area contributed by atoms with Gasteiger partial charge in [0.1, 0.15) is 18.1 Å². The average Bonchev–Trinajstić information content (AvgIpc) is 3.01. The second kappa shape index (κ2) is 9.16. The minimum Gasteiger partial charge on any atom is -0.507 e. The fourth-order valence-corrected chi connectivity index (χ4v) is 3.21. The molecule has 0 aliphatic carbocycles. The lowest BCUT2D eigenvalue weighted by atomic mass is 9.96. The van der Waals surface area contributed by atoms with Crippen LogP contribution >= 0.6 is 0 Å². The fourth-order valence-electron chi connectivity index (χ4n) is 3.21. The highest BCUT2D eigenvalue weighted by atomic mass is 16.5. The molecule has 29 heavy (non-hydrogen) atoms. The summed E-state index contributed by atoms with van der Waals surface area (Å²) in [6.45, 7) is 4.44. The molecule has 1 aromatic heterocycles. The van der Waals surface area contributed by atoms with Crippen molar-refractivity contribution < 1.29 is 24.2 Å². The molecule has 0 bridgehead atoms. The van der Waals surface area contributed by atoms with Crippen LogP contribution in [-0.4, -0.2) is 53.5 Å². The predicted molar refractivity (Wildman–Crippen MR) is 107 cm³/mol. The molecule has 1 aromatic carbocycles. The van der Waals surface area contributed by atoms with Crippen LogP contribution in [-0.2, 0) is 14.3 Å². The van der Waals surface area contributed by atoms with E-state index >= 15 is 0 Å². The molecule has 1 unspecified atom stereocenters. The Morgan fingerprint density at radius 3 is 2.52 bits per heavy atom. The SMILES string of the molecule is C=CCOc1ccc(/C(O)=C2\C(=O)C(=O)N(CCOC)C2c2ccncc2)cc1. The number of rotatable bonds is 8. The van der Waals surface area contributed by atoms with Gasteiger partial charge in [-0.1, -0.05) is 12.7 Å². The largest absolute Gasteiger partial charge is 0.507 e. The lowest BCUT2D eigenvalue weighted by Gasteiger charge is -2.24. The molecule has 1 fully saturated rings. The zero-order valence-electron chi connectivity index (χ0n) is 16.1. The van der Waals surface area contributed by atoms with Crippen molar-refractivity contribution in [2.24, 2.45) is 0 Å². The average molecular weight is 394 g/mol. The van der Waals surface area contributed by atoms with E-state index in [4.69, 9.17) is 9.47 Å². The molecule has 1 amide bonds. The van der Waals surface area contributed by atoms with Crippen LogP contribution in [0.2, 0.25) is 0 Å². The van der Waals surface area contributed by atoms with Gasteiger partial charge in [0.05, 0.1) is 18.2 Å². The molecule has 2 aromatic rings. The Kier molecular flexibility index (Phi) is 6.41. The van der Waals surface area contributed by atoms with Gasteiger partial charge in [-0.2, -0.15) is 0 Å². The third kappa shape index (κ3) is 4.20. The molecule has 2 heterocycles. The van der Waals surface area contributed by atoms with Crippen LogP contribution in [0.15, 0.2) is 67.0 Å². The van der Waals surface area contributed by atoms with Crippen LogP contribution < -0.4 is 4.74 Å². The summed E-state index contributed by atoms with van der Waals surface area (Å²) >= 11 is 0. The standard InChI is InChI=1S/C22H22N2O5/c1-3-13-29-17-6-4-16(5-7-17)20(25)18-19(15-8-10-23-11-9-15)24(12-14-28-2)22(27)21(18)26/h3-11,19,25H,1,12-14H2,2H3/b20-18+. The molecule has 1 atom stereocenters. The van der Waals surface area contributed by atoms with Gasteiger partial charge in [-0.25, -0.2) is 0 Å². The Balaban J connectivity index is 2.04.